The van der Waals surface area contributed by atoms with E-state index in [4.69, 9.17) is 0 Å². The summed E-state index contributed by atoms with van der Waals surface area (Å²) in [7, 11) is -2.88. The highest BCUT2D eigenvalue weighted by molar-refractivity contribution is 7.90. The summed E-state index contributed by atoms with van der Waals surface area (Å²) in [5, 5.41) is 3.76. The first kappa shape index (κ1) is 15.3. The highest BCUT2D eigenvalue weighted by atomic mass is 32.2. The topological polar surface area (TPSA) is 49.4 Å². The molecule has 1 saturated heterocycles. The molecule has 19 heavy (non-hydrogen) atoms. The lowest BCUT2D eigenvalue weighted by molar-refractivity contribution is 0.0154. The van der Waals surface area contributed by atoms with Gasteiger partial charge in [0.15, 0.2) is 0 Å². The fourth-order valence-electron chi connectivity index (χ4n) is 3.37. The van der Waals surface area contributed by atoms with E-state index in [-0.39, 0.29) is 16.8 Å². The minimum absolute atomic E-state index is 0.0490. The molecule has 112 valence electrons. The molecule has 0 bridgehead atoms. The lowest BCUT2D eigenvalue weighted by Gasteiger charge is -2.53. The predicted octanol–water partition coefficient (Wildman–Crippen LogP) is 1.42. The van der Waals surface area contributed by atoms with Gasteiger partial charge < -0.3 is 5.32 Å². The van der Waals surface area contributed by atoms with Gasteiger partial charge in [0.05, 0.1) is 5.75 Å². The molecule has 0 radical (unpaired) electrons. The van der Waals surface area contributed by atoms with Crippen LogP contribution >= 0.6 is 0 Å². The number of rotatable bonds is 3. The fraction of sp³-hybridized carbons (Fsp3) is 1.00. The molecule has 0 aromatic heterocycles. The third-order valence-electron chi connectivity index (χ3n) is 4.79. The van der Waals surface area contributed by atoms with E-state index in [1.165, 1.54) is 38.4 Å². The van der Waals surface area contributed by atoms with Crippen molar-refractivity contribution in [3.05, 3.63) is 0 Å². The van der Waals surface area contributed by atoms with Crippen molar-refractivity contribution >= 4 is 9.84 Å². The van der Waals surface area contributed by atoms with Crippen LogP contribution in [-0.2, 0) is 9.84 Å². The molecule has 0 aromatic carbocycles. The first-order valence-corrected chi connectivity index (χ1v) is 9.46. The number of hydrogen-bond acceptors (Lipinski definition) is 4. The van der Waals surface area contributed by atoms with E-state index in [1.54, 1.807) is 0 Å². The van der Waals surface area contributed by atoms with Crippen LogP contribution in [0.2, 0.25) is 0 Å². The largest absolute Gasteiger partial charge is 0.308 e. The Morgan fingerprint density at radius 3 is 2.37 bits per heavy atom. The highest BCUT2D eigenvalue weighted by Crippen LogP contribution is 2.34. The summed E-state index contributed by atoms with van der Waals surface area (Å²) >= 11 is 0. The Bertz CT molecular complexity index is 411. The van der Waals surface area contributed by atoms with Crippen molar-refractivity contribution in [1.29, 1.82) is 0 Å². The smallest absolute Gasteiger partial charge is 0.148 e. The number of piperazine rings is 1. The average Bonchev–Trinajstić information content (AvgIpc) is 2.31. The van der Waals surface area contributed by atoms with Crippen LogP contribution in [0.25, 0.3) is 0 Å². The molecule has 0 amide bonds. The molecule has 2 rings (SSSR count). The van der Waals surface area contributed by atoms with Gasteiger partial charge in [-0.1, -0.05) is 19.3 Å². The fourth-order valence-corrected chi connectivity index (χ4v) is 3.92. The summed E-state index contributed by atoms with van der Waals surface area (Å²) < 4.78 is 22.8. The Hall–Kier alpha value is -0.130. The molecule has 0 unspecified atom stereocenters. The standard InChI is InChI=1S/C14H28N2O2S/c1-13(2)11-15-14(7-5-4-6-8-14)12-16(13)9-10-19(3,17)18/h15H,4-12H2,1-3H3. The monoisotopic (exact) mass is 288 g/mol. The van der Waals surface area contributed by atoms with Gasteiger partial charge in [0.25, 0.3) is 0 Å². The van der Waals surface area contributed by atoms with E-state index in [0.717, 1.165) is 13.1 Å². The molecule has 0 atom stereocenters. The van der Waals surface area contributed by atoms with Gasteiger partial charge in [-0.2, -0.15) is 0 Å². The number of nitrogens with one attached hydrogen (secondary N) is 1. The molecule has 1 saturated carbocycles. The van der Waals surface area contributed by atoms with E-state index in [2.05, 4.69) is 24.1 Å². The normalized spacial score (nSPS) is 27.5. The molecule has 2 aliphatic rings. The zero-order chi connectivity index (χ0) is 14.1. The Balaban J connectivity index is 2.04. The summed E-state index contributed by atoms with van der Waals surface area (Å²) in [6, 6.07) is 0. The molecule has 1 aliphatic carbocycles. The molecule has 4 nitrogen and oxygen atoms in total. The van der Waals surface area contributed by atoms with Crippen LogP contribution in [0.5, 0.6) is 0 Å². The van der Waals surface area contributed by atoms with Crippen molar-refractivity contribution in [2.75, 3.05) is 31.6 Å². The van der Waals surface area contributed by atoms with Crippen molar-refractivity contribution in [3.8, 4) is 0 Å². The molecular formula is C14H28N2O2S. The maximum absolute atomic E-state index is 11.4. The van der Waals surface area contributed by atoms with Crippen molar-refractivity contribution in [1.82, 2.24) is 10.2 Å². The zero-order valence-corrected chi connectivity index (χ0v) is 13.4. The molecule has 1 N–H and O–H groups in total. The minimum atomic E-state index is -2.88. The van der Waals surface area contributed by atoms with Crippen molar-refractivity contribution in [3.63, 3.8) is 0 Å². The highest BCUT2D eigenvalue weighted by Gasteiger charge is 2.43. The summed E-state index contributed by atoms with van der Waals surface area (Å²) in [6.07, 6.45) is 7.74. The quantitative estimate of drug-likeness (QED) is 0.853. The molecule has 1 heterocycles. The zero-order valence-electron chi connectivity index (χ0n) is 12.5. The van der Waals surface area contributed by atoms with Gasteiger partial charge in [-0.15, -0.1) is 0 Å². The first-order valence-electron chi connectivity index (χ1n) is 7.40. The average molecular weight is 288 g/mol. The van der Waals surface area contributed by atoms with E-state index >= 15 is 0 Å². The van der Waals surface area contributed by atoms with Gasteiger partial charge in [0.1, 0.15) is 9.84 Å². The second kappa shape index (κ2) is 5.34. The van der Waals surface area contributed by atoms with Gasteiger partial charge in [0.2, 0.25) is 0 Å². The molecule has 5 heteroatoms. The van der Waals surface area contributed by atoms with E-state index < -0.39 is 9.84 Å². The van der Waals surface area contributed by atoms with Gasteiger partial charge in [-0.3, -0.25) is 4.90 Å². The maximum Gasteiger partial charge on any atom is 0.148 e. The second-order valence-corrected chi connectivity index (χ2v) is 9.32. The van der Waals surface area contributed by atoms with Crippen LogP contribution in [-0.4, -0.2) is 56.0 Å². The number of nitrogens with zero attached hydrogens (tertiary/aromatic N) is 1. The third kappa shape index (κ3) is 3.92. The van der Waals surface area contributed by atoms with Crippen LogP contribution in [0.1, 0.15) is 46.0 Å². The summed E-state index contributed by atoms with van der Waals surface area (Å²) in [4.78, 5) is 2.38. The van der Waals surface area contributed by atoms with E-state index in [0.29, 0.717) is 6.54 Å². The maximum atomic E-state index is 11.4. The lowest BCUT2D eigenvalue weighted by atomic mass is 9.78. The lowest BCUT2D eigenvalue weighted by Crippen LogP contribution is -2.69. The van der Waals surface area contributed by atoms with Crippen molar-refractivity contribution in [2.45, 2.75) is 57.0 Å². The Morgan fingerprint density at radius 2 is 1.79 bits per heavy atom. The summed E-state index contributed by atoms with van der Waals surface area (Å²) in [5.41, 5.74) is 0.290. The van der Waals surface area contributed by atoms with E-state index in [1.807, 2.05) is 0 Å². The second-order valence-electron chi connectivity index (χ2n) is 7.06. The van der Waals surface area contributed by atoms with Gasteiger partial charge in [-0.05, 0) is 26.7 Å². The summed E-state index contributed by atoms with van der Waals surface area (Å²) in [5.74, 6) is 0.270. The SMILES string of the molecule is CC1(C)CNC2(CCCCC2)CN1CCS(C)(=O)=O. The van der Waals surface area contributed by atoms with Gasteiger partial charge in [0, 0.05) is 37.0 Å². The van der Waals surface area contributed by atoms with Crippen LogP contribution < -0.4 is 5.32 Å². The van der Waals surface area contributed by atoms with Crippen molar-refractivity contribution in [2.24, 2.45) is 0 Å². The van der Waals surface area contributed by atoms with Crippen LogP contribution in [0.15, 0.2) is 0 Å². The Kier molecular flexibility index (Phi) is 4.29. The molecule has 0 aromatic rings. The Labute approximate surface area is 117 Å². The molecule has 1 aliphatic heterocycles. The third-order valence-corrected chi connectivity index (χ3v) is 5.71. The minimum Gasteiger partial charge on any atom is -0.308 e. The first-order chi connectivity index (χ1) is 8.73. The van der Waals surface area contributed by atoms with Crippen LogP contribution in [0.3, 0.4) is 0 Å². The van der Waals surface area contributed by atoms with Gasteiger partial charge >= 0.3 is 0 Å². The summed E-state index contributed by atoms with van der Waals surface area (Å²) in [6.45, 7) is 7.03. The predicted molar refractivity (Wildman–Crippen MR) is 79.2 cm³/mol. The number of sulfone groups is 1. The molecule has 2 fully saturated rings. The molecular weight excluding hydrogens is 260 g/mol. The van der Waals surface area contributed by atoms with E-state index in [9.17, 15) is 8.42 Å². The number of hydrogen-bond donors (Lipinski definition) is 1. The van der Waals surface area contributed by atoms with Crippen LogP contribution in [0, 0.1) is 0 Å². The van der Waals surface area contributed by atoms with Gasteiger partial charge in [-0.25, -0.2) is 8.42 Å². The van der Waals surface area contributed by atoms with Crippen LogP contribution in [0.4, 0.5) is 0 Å². The molecule has 1 spiro atoms. The van der Waals surface area contributed by atoms with Crippen molar-refractivity contribution < 1.29 is 8.42 Å². The Morgan fingerprint density at radius 1 is 1.16 bits per heavy atom.